The number of anilines is 1. The third-order valence-corrected chi connectivity index (χ3v) is 8.05. The number of phenolic OH excluding ortho intramolecular Hbond substituents is 1. The summed E-state index contributed by atoms with van der Waals surface area (Å²) >= 11 is 0. The molecule has 0 saturated heterocycles. The summed E-state index contributed by atoms with van der Waals surface area (Å²) in [7, 11) is 3.49. The van der Waals surface area contributed by atoms with E-state index in [0.29, 0.717) is 16.8 Å². The van der Waals surface area contributed by atoms with Gasteiger partial charge < -0.3 is 20.8 Å². The summed E-state index contributed by atoms with van der Waals surface area (Å²) in [5.41, 5.74) is 4.01. The largest absolute Gasteiger partial charge is 0.506 e. The van der Waals surface area contributed by atoms with Gasteiger partial charge in [-0.2, -0.15) is 0 Å². The van der Waals surface area contributed by atoms with Gasteiger partial charge in [0.25, 0.3) is 0 Å². The van der Waals surface area contributed by atoms with Gasteiger partial charge in [0.05, 0.1) is 17.0 Å². The second kappa shape index (κ2) is 9.13. The van der Waals surface area contributed by atoms with Crippen molar-refractivity contribution in [3.63, 3.8) is 0 Å². The number of aromatic hydroxyl groups is 1. The molecule has 2 saturated carbocycles. The molecule has 0 radical (unpaired) electrons. The van der Waals surface area contributed by atoms with Crippen LogP contribution in [0.15, 0.2) is 30.3 Å². The maximum Gasteiger partial charge on any atom is 0.235 e. The number of Topliss-reactive ketones (excluding diaryl/α,β-unsaturated/α-hetero) is 4. The maximum absolute atomic E-state index is 13.9. The number of ketones is 4. The van der Waals surface area contributed by atoms with Crippen LogP contribution in [0, 0.1) is 41.3 Å². The first kappa shape index (κ1) is 26.3. The number of phenols is 1. The van der Waals surface area contributed by atoms with Gasteiger partial charge in [-0.3, -0.25) is 24.0 Å². The van der Waals surface area contributed by atoms with E-state index in [-0.39, 0.29) is 24.0 Å². The fourth-order valence-corrected chi connectivity index (χ4v) is 6.18. The highest BCUT2D eigenvalue weighted by Crippen LogP contribution is 2.51. The first-order valence-electron chi connectivity index (χ1n) is 12.4. The molecular formula is C29H25FN2O7. The molecule has 1 amide bonds. The monoisotopic (exact) mass is 532 g/mol. The summed E-state index contributed by atoms with van der Waals surface area (Å²) in [4.78, 5) is 66.6. The van der Waals surface area contributed by atoms with Crippen LogP contribution in [0.5, 0.6) is 5.75 Å². The second-order valence-electron chi connectivity index (χ2n) is 10.5. The quantitative estimate of drug-likeness (QED) is 0.381. The van der Waals surface area contributed by atoms with Crippen molar-refractivity contribution >= 4 is 34.7 Å². The average Bonchev–Trinajstić information content (AvgIpc) is 2.86. The highest BCUT2D eigenvalue weighted by atomic mass is 19.1. The molecule has 0 aromatic heterocycles. The van der Waals surface area contributed by atoms with E-state index in [9.17, 15) is 38.6 Å². The predicted molar refractivity (Wildman–Crippen MR) is 135 cm³/mol. The molecular weight excluding hydrogens is 507 g/mol. The first-order chi connectivity index (χ1) is 18.4. The number of aliphatic hydroxyl groups is 1. The Morgan fingerprint density at radius 3 is 2.36 bits per heavy atom. The molecule has 2 aromatic carbocycles. The van der Waals surface area contributed by atoms with E-state index in [1.54, 1.807) is 25.1 Å². The molecule has 2 unspecified atom stereocenters. The Morgan fingerprint density at radius 1 is 1.08 bits per heavy atom. The normalized spacial score (nSPS) is 27.6. The molecule has 5 atom stereocenters. The van der Waals surface area contributed by atoms with Crippen LogP contribution in [0.4, 0.5) is 10.1 Å². The summed E-state index contributed by atoms with van der Waals surface area (Å²) in [6, 6.07) is 7.01. The van der Waals surface area contributed by atoms with Crippen molar-refractivity contribution in [1.82, 2.24) is 0 Å². The Kier molecular flexibility index (Phi) is 6.15. The lowest BCUT2D eigenvalue weighted by Gasteiger charge is -2.48. The van der Waals surface area contributed by atoms with Crippen molar-refractivity contribution in [3.8, 4) is 17.6 Å². The van der Waals surface area contributed by atoms with Crippen LogP contribution in [0.2, 0.25) is 0 Å². The molecule has 2 fully saturated rings. The van der Waals surface area contributed by atoms with Gasteiger partial charge in [-0.1, -0.05) is 11.8 Å². The molecule has 3 aliphatic rings. The molecule has 4 N–H and O–H groups in total. The lowest BCUT2D eigenvalue weighted by molar-refractivity contribution is -0.175. The zero-order chi connectivity index (χ0) is 28.4. The van der Waals surface area contributed by atoms with Gasteiger partial charge in [0, 0.05) is 37.7 Å². The molecule has 0 spiro atoms. The van der Waals surface area contributed by atoms with Crippen molar-refractivity contribution in [2.24, 2.45) is 29.4 Å². The number of fused-ring (bicyclic) bond motifs is 3. The highest BCUT2D eigenvalue weighted by molar-refractivity contribution is 6.31. The van der Waals surface area contributed by atoms with Crippen molar-refractivity contribution in [2.75, 3.05) is 19.0 Å². The maximum atomic E-state index is 13.9. The van der Waals surface area contributed by atoms with Crippen LogP contribution >= 0.6 is 0 Å². The fraction of sp³-hybridized carbons (Fsp3) is 0.345. The van der Waals surface area contributed by atoms with Crippen LogP contribution in [0.25, 0.3) is 0 Å². The minimum absolute atomic E-state index is 0.0147. The number of hydrogen-bond donors (Lipinski definition) is 3. The van der Waals surface area contributed by atoms with Gasteiger partial charge in [-0.05, 0) is 54.7 Å². The van der Waals surface area contributed by atoms with Gasteiger partial charge in [-0.15, -0.1) is 0 Å². The number of carbonyl (C=O) groups excluding carboxylic acids is 5. The molecule has 200 valence electrons. The third kappa shape index (κ3) is 3.92. The smallest absolute Gasteiger partial charge is 0.235 e. The van der Waals surface area contributed by atoms with Gasteiger partial charge in [-0.25, -0.2) is 4.39 Å². The van der Waals surface area contributed by atoms with Crippen LogP contribution in [0.3, 0.4) is 0 Å². The second-order valence-corrected chi connectivity index (χ2v) is 10.5. The molecule has 0 bridgehead atoms. The third-order valence-electron chi connectivity index (χ3n) is 8.05. The molecule has 39 heavy (non-hydrogen) atoms. The lowest BCUT2D eigenvalue weighted by Crippen LogP contribution is -2.68. The van der Waals surface area contributed by atoms with Crippen molar-refractivity contribution < 1.29 is 38.6 Å². The van der Waals surface area contributed by atoms with Gasteiger partial charge in [0.1, 0.15) is 11.6 Å². The van der Waals surface area contributed by atoms with Crippen molar-refractivity contribution in [1.29, 1.82) is 0 Å². The Morgan fingerprint density at radius 2 is 1.74 bits per heavy atom. The van der Waals surface area contributed by atoms with Crippen molar-refractivity contribution in [3.05, 3.63) is 58.4 Å². The van der Waals surface area contributed by atoms with Crippen LogP contribution in [-0.4, -0.2) is 58.9 Å². The SMILES string of the molecule is CN(C)c1cc(C#Cc2ccc(F)cc2)c(O)c2c1C[C@H]1C[C@H]3CC(=O)C(C(N)=O)C(=O)[C@@]3(O)C(=O)C1C2=O. The van der Waals surface area contributed by atoms with E-state index >= 15 is 0 Å². The molecule has 0 aliphatic heterocycles. The zero-order valence-corrected chi connectivity index (χ0v) is 21.2. The fourth-order valence-electron chi connectivity index (χ4n) is 6.18. The summed E-state index contributed by atoms with van der Waals surface area (Å²) in [5.74, 6) is -5.59. The molecule has 9 nitrogen and oxygen atoms in total. The lowest BCUT2D eigenvalue weighted by atomic mass is 9.53. The van der Waals surface area contributed by atoms with Gasteiger partial charge >= 0.3 is 0 Å². The Labute approximate surface area is 222 Å². The molecule has 10 heteroatoms. The van der Waals surface area contributed by atoms with E-state index in [1.807, 2.05) is 0 Å². The Hall–Kier alpha value is -4.36. The average molecular weight is 533 g/mol. The van der Waals surface area contributed by atoms with Crippen molar-refractivity contribution in [2.45, 2.75) is 24.9 Å². The van der Waals surface area contributed by atoms with E-state index < -0.39 is 76.3 Å². The number of amides is 1. The number of halogens is 1. The van der Waals surface area contributed by atoms with E-state index in [2.05, 4.69) is 11.8 Å². The molecule has 0 heterocycles. The summed E-state index contributed by atoms with van der Waals surface area (Å²) in [6.07, 6.45) is -0.214. The number of nitrogens with zero attached hydrogens (tertiary/aromatic N) is 1. The standard InChI is InChI=1S/C29H25FN2O7/c1-32(2)19-11-14(6-3-13-4-7-17(30)8-5-13)24(34)22-18(19)10-15-9-16-12-20(33)23(28(31)38)27(37)29(16,39)26(36)21(15)25(22)35/h4-5,7-8,11,15-16,21,23,34,39H,9-10,12H2,1-2H3,(H2,31,38)/t15-,16+,21?,23?,29+/m1/s1. The highest BCUT2D eigenvalue weighted by Gasteiger charge is 2.66. The Balaban J connectivity index is 1.61. The van der Waals surface area contributed by atoms with E-state index in [0.717, 1.165) is 0 Å². The zero-order valence-electron chi connectivity index (χ0n) is 21.2. The van der Waals surface area contributed by atoms with Crippen LogP contribution in [-0.2, 0) is 25.6 Å². The van der Waals surface area contributed by atoms with E-state index in [4.69, 9.17) is 5.73 Å². The summed E-state index contributed by atoms with van der Waals surface area (Å²) in [5, 5.41) is 22.5. The number of benzene rings is 2. The minimum atomic E-state index is -2.71. The number of hydrogen-bond acceptors (Lipinski definition) is 8. The molecule has 2 aromatic rings. The minimum Gasteiger partial charge on any atom is -0.506 e. The summed E-state index contributed by atoms with van der Waals surface area (Å²) < 4.78 is 13.3. The van der Waals surface area contributed by atoms with Crippen LogP contribution in [0.1, 0.15) is 39.9 Å². The van der Waals surface area contributed by atoms with Gasteiger partial charge in [0.2, 0.25) is 5.91 Å². The summed E-state index contributed by atoms with van der Waals surface area (Å²) in [6.45, 7) is 0. The molecule has 3 aliphatic carbocycles. The van der Waals surface area contributed by atoms with Crippen LogP contribution < -0.4 is 10.6 Å². The molecule has 5 rings (SSSR count). The predicted octanol–water partition coefficient (Wildman–Crippen LogP) is 0.932. The first-order valence-corrected chi connectivity index (χ1v) is 12.4. The Bertz CT molecular complexity index is 1540. The number of rotatable bonds is 2. The number of nitrogens with two attached hydrogens (primary N) is 1. The number of primary amides is 1. The topological polar surface area (TPSA) is 155 Å². The van der Waals surface area contributed by atoms with E-state index in [1.165, 1.54) is 24.3 Å². The number of carbonyl (C=O) groups is 5. The van der Waals surface area contributed by atoms with Gasteiger partial charge in [0.15, 0.2) is 34.7 Å².